The van der Waals surface area contributed by atoms with Crippen LogP contribution in [0, 0.1) is 0 Å². The minimum atomic E-state index is -0.00920. The zero-order valence-electron chi connectivity index (χ0n) is 13.5. The second kappa shape index (κ2) is 9.64. The first-order valence-electron chi connectivity index (χ1n) is 7.97. The van der Waals surface area contributed by atoms with Gasteiger partial charge in [-0.3, -0.25) is 4.79 Å². The van der Waals surface area contributed by atoms with Gasteiger partial charge < -0.3 is 15.4 Å². The molecule has 0 aromatic heterocycles. The van der Waals surface area contributed by atoms with E-state index in [0.717, 1.165) is 19.4 Å². The van der Waals surface area contributed by atoms with Crippen LogP contribution >= 0.6 is 0 Å². The van der Waals surface area contributed by atoms with Gasteiger partial charge in [0.1, 0.15) is 5.75 Å². The second-order valence-corrected chi connectivity index (χ2v) is 5.34. The summed E-state index contributed by atoms with van der Waals surface area (Å²) >= 11 is 0. The molecule has 0 atom stereocenters. The Bertz CT molecular complexity index is 599. The van der Waals surface area contributed by atoms with Crippen LogP contribution in [0.4, 0.5) is 5.69 Å². The predicted octanol–water partition coefficient (Wildman–Crippen LogP) is 3.25. The van der Waals surface area contributed by atoms with Crippen molar-refractivity contribution < 1.29 is 9.53 Å². The second-order valence-electron chi connectivity index (χ2n) is 5.34. The molecule has 2 aromatic rings. The number of ether oxygens (including phenoxy) is 1. The van der Waals surface area contributed by atoms with E-state index in [2.05, 4.69) is 34.9 Å². The molecule has 0 fully saturated rings. The lowest BCUT2D eigenvalue weighted by molar-refractivity contribution is -0.116. The van der Waals surface area contributed by atoms with Crippen LogP contribution in [0.3, 0.4) is 0 Å². The molecule has 0 spiro atoms. The van der Waals surface area contributed by atoms with E-state index < -0.39 is 0 Å². The van der Waals surface area contributed by atoms with Crippen molar-refractivity contribution >= 4 is 11.6 Å². The van der Waals surface area contributed by atoms with Crippen molar-refractivity contribution in [1.29, 1.82) is 0 Å². The van der Waals surface area contributed by atoms with E-state index in [9.17, 15) is 4.79 Å². The van der Waals surface area contributed by atoms with E-state index in [1.807, 2.05) is 30.3 Å². The molecule has 1 amide bonds. The zero-order chi connectivity index (χ0) is 16.3. The topological polar surface area (TPSA) is 50.4 Å². The molecule has 0 bridgehead atoms. The number of carbonyl (C=O) groups is 1. The molecule has 0 unspecified atom stereocenters. The summed E-state index contributed by atoms with van der Waals surface area (Å²) in [6.45, 7) is 1.59. The van der Waals surface area contributed by atoms with E-state index in [1.165, 1.54) is 5.56 Å². The molecule has 0 saturated carbocycles. The first-order valence-corrected chi connectivity index (χ1v) is 7.97. The molecule has 122 valence electrons. The maximum absolute atomic E-state index is 11.9. The summed E-state index contributed by atoms with van der Waals surface area (Å²) in [6, 6.07) is 17.9. The fourth-order valence-corrected chi connectivity index (χ4v) is 2.35. The Morgan fingerprint density at radius 1 is 1.00 bits per heavy atom. The van der Waals surface area contributed by atoms with Gasteiger partial charge in [-0.1, -0.05) is 42.5 Å². The minimum absolute atomic E-state index is 0.00920. The standard InChI is InChI=1S/C19H24N2O2/c1-23-18-12-6-5-11-17(18)21-19(22)13-15-20-14-7-10-16-8-3-2-4-9-16/h2-6,8-9,11-12,20H,7,10,13-15H2,1H3,(H,21,22). The van der Waals surface area contributed by atoms with Gasteiger partial charge in [0.2, 0.25) is 5.91 Å². The number of aryl methyl sites for hydroxylation is 1. The number of hydrogen-bond acceptors (Lipinski definition) is 3. The Morgan fingerprint density at radius 3 is 2.52 bits per heavy atom. The minimum Gasteiger partial charge on any atom is -0.495 e. The average molecular weight is 312 g/mol. The summed E-state index contributed by atoms with van der Waals surface area (Å²) in [5.41, 5.74) is 2.06. The van der Waals surface area contributed by atoms with Crippen LogP contribution in [0.15, 0.2) is 54.6 Å². The molecule has 0 saturated heterocycles. The van der Waals surface area contributed by atoms with Gasteiger partial charge >= 0.3 is 0 Å². The van der Waals surface area contributed by atoms with Gasteiger partial charge in [0.15, 0.2) is 0 Å². The van der Waals surface area contributed by atoms with Crippen LogP contribution in [0.1, 0.15) is 18.4 Å². The Labute approximate surface area is 137 Å². The molecule has 4 heteroatoms. The van der Waals surface area contributed by atoms with E-state index in [1.54, 1.807) is 7.11 Å². The molecule has 4 nitrogen and oxygen atoms in total. The summed E-state index contributed by atoms with van der Waals surface area (Å²) in [5, 5.41) is 6.18. The molecule has 2 aromatic carbocycles. The maximum Gasteiger partial charge on any atom is 0.225 e. The van der Waals surface area contributed by atoms with Gasteiger partial charge in [0, 0.05) is 13.0 Å². The van der Waals surface area contributed by atoms with E-state index in [4.69, 9.17) is 4.74 Å². The molecule has 0 radical (unpaired) electrons. The summed E-state index contributed by atoms with van der Waals surface area (Å²) in [6.07, 6.45) is 2.57. The van der Waals surface area contributed by atoms with Crippen molar-refractivity contribution in [2.45, 2.75) is 19.3 Å². The molecular formula is C19H24N2O2. The highest BCUT2D eigenvalue weighted by atomic mass is 16.5. The first kappa shape index (κ1) is 17.0. The lowest BCUT2D eigenvalue weighted by Crippen LogP contribution is -2.23. The number of anilines is 1. The third kappa shape index (κ3) is 6.12. The smallest absolute Gasteiger partial charge is 0.225 e. The number of rotatable bonds is 9. The Morgan fingerprint density at radius 2 is 1.74 bits per heavy atom. The number of nitrogens with one attached hydrogen (secondary N) is 2. The van der Waals surface area contributed by atoms with Crippen molar-refractivity contribution in [1.82, 2.24) is 5.32 Å². The van der Waals surface area contributed by atoms with Crippen LogP contribution in [0.5, 0.6) is 5.75 Å². The fourth-order valence-electron chi connectivity index (χ4n) is 2.35. The fraction of sp³-hybridized carbons (Fsp3) is 0.316. The lowest BCUT2D eigenvalue weighted by Gasteiger charge is -2.10. The van der Waals surface area contributed by atoms with Crippen molar-refractivity contribution in [3.63, 3.8) is 0 Å². The van der Waals surface area contributed by atoms with Gasteiger partial charge in [0.05, 0.1) is 12.8 Å². The summed E-state index contributed by atoms with van der Waals surface area (Å²) < 4.78 is 5.22. The van der Waals surface area contributed by atoms with E-state index >= 15 is 0 Å². The lowest BCUT2D eigenvalue weighted by atomic mass is 10.1. The quantitative estimate of drug-likeness (QED) is 0.699. The Kier molecular flexibility index (Phi) is 7.14. The van der Waals surface area contributed by atoms with E-state index in [0.29, 0.717) is 24.4 Å². The normalized spacial score (nSPS) is 10.3. The number of hydrogen-bond donors (Lipinski definition) is 2. The predicted molar refractivity (Wildman–Crippen MR) is 93.9 cm³/mol. The SMILES string of the molecule is COc1ccccc1NC(=O)CCNCCCc1ccccc1. The van der Waals surface area contributed by atoms with Crippen molar-refractivity contribution in [3.05, 3.63) is 60.2 Å². The molecule has 0 aliphatic rings. The summed E-state index contributed by atoms with van der Waals surface area (Å²) in [5.74, 6) is 0.668. The third-order valence-electron chi connectivity index (χ3n) is 3.57. The highest BCUT2D eigenvalue weighted by Crippen LogP contribution is 2.22. The Hall–Kier alpha value is -2.33. The van der Waals surface area contributed by atoms with Crippen LogP contribution in [-0.4, -0.2) is 26.1 Å². The molecule has 2 rings (SSSR count). The van der Waals surface area contributed by atoms with Crippen molar-refractivity contribution in [3.8, 4) is 5.75 Å². The molecular weight excluding hydrogens is 288 g/mol. The van der Waals surface area contributed by atoms with Gasteiger partial charge in [-0.25, -0.2) is 0 Å². The van der Waals surface area contributed by atoms with Crippen LogP contribution < -0.4 is 15.4 Å². The van der Waals surface area contributed by atoms with Gasteiger partial charge in [-0.15, -0.1) is 0 Å². The summed E-state index contributed by atoms with van der Waals surface area (Å²) in [4.78, 5) is 11.9. The number of carbonyl (C=O) groups excluding carboxylic acids is 1. The highest BCUT2D eigenvalue weighted by molar-refractivity contribution is 5.92. The molecule has 23 heavy (non-hydrogen) atoms. The van der Waals surface area contributed by atoms with Crippen LogP contribution in [0.25, 0.3) is 0 Å². The number of methoxy groups -OCH3 is 1. The summed E-state index contributed by atoms with van der Waals surface area (Å²) in [7, 11) is 1.60. The molecule has 0 heterocycles. The number of benzene rings is 2. The maximum atomic E-state index is 11.9. The van der Waals surface area contributed by atoms with Gasteiger partial charge in [-0.05, 0) is 37.1 Å². The molecule has 2 N–H and O–H groups in total. The first-order chi connectivity index (χ1) is 11.3. The zero-order valence-corrected chi connectivity index (χ0v) is 13.5. The third-order valence-corrected chi connectivity index (χ3v) is 3.57. The number of para-hydroxylation sites is 2. The highest BCUT2D eigenvalue weighted by Gasteiger charge is 2.06. The van der Waals surface area contributed by atoms with E-state index in [-0.39, 0.29) is 5.91 Å². The Balaban J connectivity index is 1.60. The van der Waals surface area contributed by atoms with Crippen molar-refractivity contribution in [2.75, 3.05) is 25.5 Å². The monoisotopic (exact) mass is 312 g/mol. The van der Waals surface area contributed by atoms with Crippen LogP contribution in [-0.2, 0) is 11.2 Å². The van der Waals surface area contributed by atoms with Crippen LogP contribution in [0.2, 0.25) is 0 Å². The largest absolute Gasteiger partial charge is 0.495 e. The molecule has 0 aliphatic carbocycles. The molecule has 0 aliphatic heterocycles. The number of amides is 1. The van der Waals surface area contributed by atoms with Gasteiger partial charge in [-0.2, -0.15) is 0 Å². The van der Waals surface area contributed by atoms with Crippen molar-refractivity contribution in [2.24, 2.45) is 0 Å². The van der Waals surface area contributed by atoms with Gasteiger partial charge in [0.25, 0.3) is 0 Å². The average Bonchev–Trinajstić information content (AvgIpc) is 2.59.